The molecule has 0 amide bonds. The molecule has 0 aliphatic rings. The van der Waals surface area contributed by atoms with Gasteiger partial charge in [-0.1, -0.05) is 65.7 Å². The van der Waals surface area contributed by atoms with Gasteiger partial charge in [0.15, 0.2) is 0 Å². The molecule has 0 aliphatic carbocycles. The Morgan fingerprint density at radius 1 is 0.964 bits per heavy atom. The van der Waals surface area contributed by atoms with Gasteiger partial charge in [-0.2, -0.15) is 0 Å². The van der Waals surface area contributed by atoms with E-state index in [1.165, 1.54) is 5.56 Å². The molecule has 2 nitrogen and oxygen atoms in total. The minimum atomic E-state index is 0.232. The second-order valence-electron chi connectivity index (χ2n) is 6.45. The van der Waals surface area contributed by atoms with Gasteiger partial charge in [0.2, 0.25) is 0 Å². The highest BCUT2D eigenvalue weighted by Crippen LogP contribution is 2.29. The summed E-state index contributed by atoms with van der Waals surface area (Å²) in [4.78, 5) is 1.01. The summed E-state index contributed by atoms with van der Waals surface area (Å²) in [5.41, 5.74) is 2.37. The summed E-state index contributed by atoms with van der Waals surface area (Å²) in [7, 11) is 0. The van der Waals surface area contributed by atoms with Crippen molar-refractivity contribution >= 4 is 35.0 Å². The van der Waals surface area contributed by atoms with Gasteiger partial charge in [-0.05, 0) is 48.4 Å². The predicted molar refractivity (Wildman–Crippen MR) is 121 cm³/mol. The highest BCUT2D eigenvalue weighted by atomic mass is 35.5. The van der Waals surface area contributed by atoms with E-state index in [4.69, 9.17) is 27.9 Å². The number of hydrogen-bond acceptors (Lipinski definition) is 3. The number of ether oxygens (including phenoxy) is 1. The van der Waals surface area contributed by atoms with Gasteiger partial charge in [0.25, 0.3) is 0 Å². The summed E-state index contributed by atoms with van der Waals surface area (Å²) in [5, 5.41) is 5.00. The third kappa shape index (κ3) is 6.46. The van der Waals surface area contributed by atoms with Crippen LogP contribution in [-0.4, -0.2) is 12.3 Å². The van der Waals surface area contributed by atoms with E-state index < -0.39 is 0 Å². The first-order chi connectivity index (χ1) is 13.6. The quantitative estimate of drug-likeness (QED) is 0.290. The summed E-state index contributed by atoms with van der Waals surface area (Å²) < 4.78 is 5.93. The first-order valence-corrected chi connectivity index (χ1v) is 10.9. The van der Waals surface area contributed by atoms with Crippen LogP contribution in [0.15, 0.2) is 77.7 Å². The Hall–Kier alpha value is -1.65. The molecule has 0 aliphatic heterocycles. The highest BCUT2D eigenvalue weighted by molar-refractivity contribution is 7.99. The largest absolute Gasteiger partial charge is 0.489 e. The number of hydrogen-bond donors (Lipinski definition) is 1. The van der Waals surface area contributed by atoms with Crippen LogP contribution in [0, 0.1) is 0 Å². The Bertz CT molecular complexity index is 889. The van der Waals surface area contributed by atoms with Crippen molar-refractivity contribution < 1.29 is 4.74 Å². The maximum absolute atomic E-state index is 6.21. The Labute approximate surface area is 181 Å². The molecule has 3 rings (SSSR count). The molecule has 28 heavy (non-hydrogen) atoms. The van der Waals surface area contributed by atoms with Crippen molar-refractivity contribution in [2.24, 2.45) is 0 Å². The molecule has 146 valence electrons. The molecule has 3 aromatic rings. The van der Waals surface area contributed by atoms with Gasteiger partial charge in [0.1, 0.15) is 12.4 Å². The average molecular weight is 432 g/mol. The molecule has 0 heterocycles. The Morgan fingerprint density at radius 2 is 1.79 bits per heavy atom. The molecule has 3 aromatic carbocycles. The fourth-order valence-corrected chi connectivity index (χ4v) is 4.13. The zero-order valence-corrected chi connectivity index (χ0v) is 18.0. The molecule has 1 unspecified atom stereocenters. The Kier molecular flexibility index (Phi) is 8.11. The van der Waals surface area contributed by atoms with E-state index in [0.717, 1.165) is 33.5 Å². The lowest BCUT2D eigenvalue weighted by Crippen LogP contribution is -2.21. The number of nitrogens with one attached hydrogen (secondary N) is 1. The minimum absolute atomic E-state index is 0.232. The van der Waals surface area contributed by atoms with Crippen LogP contribution in [0.25, 0.3) is 0 Å². The van der Waals surface area contributed by atoms with E-state index in [1.807, 2.05) is 42.5 Å². The van der Waals surface area contributed by atoms with E-state index in [-0.39, 0.29) is 6.04 Å². The summed E-state index contributed by atoms with van der Waals surface area (Å²) in [6.07, 6.45) is 0. The first kappa shape index (κ1) is 21.1. The van der Waals surface area contributed by atoms with Crippen molar-refractivity contribution in [3.8, 4) is 5.75 Å². The van der Waals surface area contributed by atoms with Crippen molar-refractivity contribution in [2.75, 3.05) is 12.3 Å². The first-order valence-electron chi connectivity index (χ1n) is 9.20. The van der Waals surface area contributed by atoms with Crippen molar-refractivity contribution in [1.82, 2.24) is 5.32 Å². The lowest BCUT2D eigenvalue weighted by Gasteiger charge is -2.16. The van der Waals surface area contributed by atoms with E-state index in [1.54, 1.807) is 17.8 Å². The lowest BCUT2D eigenvalue weighted by molar-refractivity contribution is 0.305. The second-order valence-corrected chi connectivity index (χ2v) is 8.43. The summed E-state index contributed by atoms with van der Waals surface area (Å²) in [6.45, 7) is 3.60. The summed E-state index contributed by atoms with van der Waals surface area (Å²) in [6, 6.07) is 24.2. The summed E-state index contributed by atoms with van der Waals surface area (Å²) >= 11 is 14.0. The predicted octanol–water partition coefficient (Wildman–Crippen LogP) is 7.02. The topological polar surface area (TPSA) is 21.3 Å². The average Bonchev–Trinajstić information content (AvgIpc) is 2.73. The minimum Gasteiger partial charge on any atom is -0.489 e. The molecule has 1 N–H and O–H groups in total. The smallest absolute Gasteiger partial charge is 0.120 e. The molecule has 0 fully saturated rings. The van der Waals surface area contributed by atoms with Gasteiger partial charge >= 0.3 is 0 Å². The molecule has 5 heteroatoms. The molecule has 1 atom stereocenters. The Balaban J connectivity index is 1.47. The van der Waals surface area contributed by atoms with Crippen molar-refractivity contribution in [2.45, 2.75) is 24.5 Å². The molecular weight excluding hydrogens is 409 g/mol. The van der Waals surface area contributed by atoms with Gasteiger partial charge in [-0.15, -0.1) is 11.8 Å². The van der Waals surface area contributed by atoms with Crippen LogP contribution in [0.2, 0.25) is 10.0 Å². The van der Waals surface area contributed by atoms with Gasteiger partial charge in [-0.25, -0.2) is 0 Å². The maximum Gasteiger partial charge on any atom is 0.120 e. The third-order valence-electron chi connectivity index (χ3n) is 4.31. The zero-order chi connectivity index (χ0) is 19.8. The molecule has 0 radical (unpaired) electrons. The molecule has 0 spiro atoms. The van der Waals surface area contributed by atoms with Gasteiger partial charge in [-0.3, -0.25) is 0 Å². The van der Waals surface area contributed by atoms with Crippen LogP contribution in [0.5, 0.6) is 5.75 Å². The highest BCUT2D eigenvalue weighted by Gasteiger charge is 2.07. The fourth-order valence-electron chi connectivity index (χ4n) is 2.76. The van der Waals surface area contributed by atoms with Crippen molar-refractivity contribution in [3.05, 3.63) is 94.0 Å². The van der Waals surface area contributed by atoms with E-state index >= 15 is 0 Å². The third-order valence-corrected chi connectivity index (χ3v) is 6.04. The molecule has 0 aromatic heterocycles. The van der Waals surface area contributed by atoms with Gasteiger partial charge in [0, 0.05) is 28.3 Å². The van der Waals surface area contributed by atoms with Crippen LogP contribution in [0.1, 0.15) is 24.1 Å². The van der Waals surface area contributed by atoms with Crippen LogP contribution >= 0.6 is 35.0 Å². The van der Waals surface area contributed by atoms with Crippen molar-refractivity contribution in [3.63, 3.8) is 0 Å². The standard InChI is InChI=1S/C23H23Cl2NOS/c1-17(26-12-13-28-23-15-20(24)10-11-22(23)25)19-8-5-9-21(14-19)27-16-18-6-3-2-4-7-18/h2-11,14-15,17,26H,12-13,16H2,1H3. The van der Waals surface area contributed by atoms with Crippen LogP contribution in [0.4, 0.5) is 0 Å². The monoisotopic (exact) mass is 431 g/mol. The molecule has 0 bridgehead atoms. The van der Waals surface area contributed by atoms with Crippen LogP contribution < -0.4 is 10.1 Å². The number of halogens is 2. The second kappa shape index (κ2) is 10.8. The van der Waals surface area contributed by atoms with Gasteiger partial charge < -0.3 is 10.1 Å². The molecule has 0 saturated carbocycles. The molecular formula is C23H23Cl2NOS. The fraction of sp³-hybridized carbons (Fsp3) is 0.217. The van der Waals surface area contributed by atoms with Crippen LogP contribution in [-0.2, 0) is 6.61 Å². The summed E-state index contributed by atoms with van der Waals surface area (Å²) in [5.74, 6) is 1.80. The van der Waals surface area contributed by atoms with E-state index in [9.17, 15) is 0 Å². The zero-order valence-electron chi connectivity index (χ0n) is 15.7. The Morgan fingerprint density at radius 3 is 2.61 bits per heavy atom. The molecule has 0 saturated heterocycles. The normalized spacial score (nSPS) is 12.0. The van der Waals surface area contributed by atoms with Crippen LogP contribution in [0.3, 0.4) is 0 Å². The SMILES string of the molecule is CC(NCCSc1cc(Cl)ccc1Cl)c1cccc(OCc2ccccc2)c1. The van der Waals surface area contributed by atoms with Crippen molar-refractivity contribution in [1.29, 1.82) is 0 Å². The maximum atomic E-state index is 6.21. The number of benzene rings is 3. The van der Waals surface area contributed by atoms with E-state index in [0.29, 0.717) is 11.6 Å². The van der Waals surface area contributed by atoms with Gasteiger partial charge in [0.05, 0.1) is 5.02 Å². The number of rotatable bonds is 9. The lowest BCUT2D eigenvalue weighted by atomic mass is 10.1. The number of thioether (sulfide) groups is 1. The van der Waals surface area contributed by atoms with E-state index in [2.05, 4.69) is 36.5 Å².